The standard InChI is InChI=1S/C31H28ClN3S/c1-20-11-12-21(2)26(18-20)33-30(36)29-28(23-13-15-24(32)16-14-23)25-10-6-7-17-34-27(19-35(29)31(25)34)22-8-4-3-5-9-22/h3-5,8-9,11-16,18-19H,6-7,10,17H2,1-2H3,(H,33,36). The van der Waals surface area contributed by atoms with Gasteiger partial charge >= 0.3 is 0 Å². The predicted molar refractivity (Wildman–Crippen MR) is 155 cm³/mol. The van der Waals surface area contributed by atoms with E-state index < -0.39 is 0 Å². The van der Waals surface area contributed by atoms with Crippen molar-refractivity contribution in [2.75, 3.05) is 5.32 Å². The molecule has 0 radical (unpaired) electrons. The normalized spacial score (nSPS) is 13.1. The number of nitrogens with zero attached hydrogens (tertiary/aromatic N) is 2. The van der Waals surface area contributed by atoms with Crippen molar-refractivity contribution >= 4 is 40.1 Å². The topological polar surface area (TPSA) is 21.4 Å². The molecule has 3 aromatic carbocycles. The maximum Gasteiger partial charge on any atom is 0.128 e. The molecule has 0 saturated heterocycles. The Kier molecular flexibility index (Phi) is 5.94. The maximum absolute atomic E-state index is 6.28. The number of halogens is 1. The van der Waals surface area contributed by atoms with E-state index in [1.165, 1.54) is 39.2 Å². The third kappa shape index (κ3) is 3.95. The van der Waals surface area contributed by atoms with Crippen molar-refractivity contribution in [3.63, 3.8) is 0 Å². The van der Waals surface area contributed by atoms with Gasteiger partial charge in [0.15, 0.2) is 0 Å². The molecule has 180 valence electrons. The number of rotatable bonds is 4. The molecular weight excluding hydrogens is 482 g/mol. The van der Waals surface area contributed by atoms with Crippen LogP contribution in [-0.2, 0) is 13.0 Å². The summed E-state index contributed by atoms with van der Waals surface area (Å²) in [6, 6.07) is 25.3. The predicted octanol–water partition coefficient (Wildman–Crippen LogP) is 8.47. The number of hydrogen-bond acceptors (Lipinski definition) is 1. The van der Waals surface area contributed by atoms with Gasteiger partial charge in [-0.25, -0.2) is 0 Å². The molecule has 0 saturated carbocycles. The summed E-state index contributed by atoms with van der Waals surface area (Å²) in [7, 11) is 0. The molecule has 36 heavy (non-hydrogen) atoms. The van der Waals surface area contributed by atoms with Gasteiger partial charge in [0, 0.05) is 34.6 Å². The van der Waals surface area contributed by atoms with Crippen LogP contribution in [0.3, 0.4) is 0 Å². The number of hydrogen-bond donors (Lipinski definition) is 1. The second kappa shape index (κ2) is 9.27. The first kappa shape index (κ1) is 23.1. The highest BCUT2D eigenvalue weighted by Crippen LogP contribution is 2.40. The van der Waals surface area contributed by atoms with Crippen molar-refractivity contribution < 1.29 is 0 Å². The van der Waals surface area contributed by atoms with Crippen molar-refractivity contribution in [3.8, 4) is 22.4 Å². The van der Waals surface area contributed by atoms with Gasteiger partial charge in [-0.2, -0.15) is 0 Å². The number of thiocarbonyl (C=S) groups is 1. The van der Waals surface area contributed by atoms with E-state index in [1.807, 2.05) is 12.1 Å². The fraction of sp³-hybridized carbons (Fsp3) is 0.194. The lowest BCUT2D eigenvalue weighted by Crippen LogP contribution is -2.15. The van der Waals surface area contributed by atoms with E-state index in [0.717, 1.165) is 52.8 Å². The minimum absolute atomic E-state index is 0.729. The molecular formula is C31H28ClN3S. The van der Waals surface area contributed by atoms with Gasteiger partial charge in [-0.05, 0) is 73.6 Å². The molecule has 0 spiro atoms. The smallest absolute Gasteiger partial charge is 0.128 e. The average molecular weight is 510 g/mol. The van der Waals surface area contributed by atoms with Crippen LogP contribution in [0.15, 0.2) is 79.0 Å². The Labute approximate surface area is 222 Å². The molecule has 0 fully saturated rings. The zero-order valence-corrected chi connectivity index (χ0v) is 22.1. The van der Waals surface area contributed by atoms with Crippen LogP contribution in [0.25, 0.3) is 28.0 Å². The quantitative estimate of drug-likeness (QED) is 0.245. The van der Waals surface area contributed by atoms with E-state index >= 15 is 0 Å². The molecule has 1 aliphatic heterocycles. The van der Waals surface area contributed by atoms with E-state index in [4.69, 9.17) is 23.8 Å². The molecule has 5 heteroatoms. The van der Waals surface area contributed by atoms with E-state index in [-0.39, 0.29) is 0 Å². The Morgan fingerprint density at radius 3 is 2.47 bits per heavy atom. The van der Waals surface area contributed by atoms with E-state index in [9.17, 15) is 0 Å². The van der Waals surface area contributed by atoms with Crippen molar-refractivity contribution in [2.24, 2.45) is 0 Å². The van der Waals surface area contributed by atoms with Gasteiger partial charge in [-0.1, -0.05) is 78.4 Å². The molecule has 0 aliphatic carbocycles. The fourth-order valence-electron chi connectivity index (χ4n) is 5.43. The zero-order valence-electron chi connectivity index (χ0n) is 20.5. The summed E-state index contributed by atoms with van der Waals surface area (Å²) in [4.78, 5) is 0.729. The van der Waals surface area contributed by atoms with Crippen molar-refractivity contribution in [1.29, 1.82) is 0 Å². The first-order valence-electron chi connectivity index (χ1n) is 12.5. The first-order chi connectivity index (χ1) is 17.5. The molecule has 2 aromatic heterocycles. The highest BCUT2D eigenvalue weighted by Gasteiger charge is 2.28. The Morgan fingerprint density at radius 1 is 0.917 bits per heavy atom. The van der Waals surface area contributed by atoms with Crippen LogP contribution in [0.4, 0.5) is 5.69 Å². The summed E-state index contributed by atoms with van der Waals surface area (Å²) in [6.45, 7) is 5.22. The van der Waals surface area contributed by atoms with Crippen molar-refractivity contribution in [1.82, 2.24) is 8.97 Å². The highest BCUT2D eigenvalue weighted by molar-refractivity contribution is 7.81. The number of aromatic nitrogens is 2. The molecule has 1 aliphatic rings. The van der Waals surface area contributed by atoms with E-state index in [1.54, 1.807) is 0 Å². The van der Waals surface area contributed by atoms with Crippen LogP contribution in [0, 0.1) is 13.8 Å². The van der Waals surface area contributed by atoms with Crippen LogP contribution >= 0.6 is 23.8 Å². The highest BCUT2D eigenvalue weighted by atomic mass is 35.5. The van der Waals surface area contributed by atoms with Crippen molar-refractivity contribution in [3.05, 3.63) is 106 Å². The zero-order chi connectivity index (χ0) is 24.8. The van der Waals surface area contributed by atoms with E-state index in [2.05, 4.69) is 95.0 Å². The average Bonchev–Trinajstić information content (AvgIpc) is 3.30. The number of imidazole rings is 1. The lowest BCUT2D eigenvalue weighted by Gasteiger charge is -2.14. The van der Waals surface area contributed by atoms with Gasteiger partial charge in [-0.15, -0.1) is 0 Å². The van der Waals surface area contributed by atoms with Crippen molar-refractivity contribution in [2.45, 2.75) is 39.7 Å². The molecule has 0 atom stereocenters. The molecule has 3 heterocycles. The summed E-state index contributed by atoms with van der Waals surface area (Å²) in [5.74, 6) is 0. The van der Waals surface area contributed by atoms with Crippen LogP contribution < -0.4 is 5.32 Å². The number of nitrogens with one attached hydrogen (secondary N) is 1. The molecule has 6 rings (SSSR count). The number of benzene rings is 3. The minimum atomic E-state index is 0.729. The second-order valence-electron chi connectivity index (χ2n) is 9.66. The summed E-state index contributed by atoms with van der Waals surface area (Å²) >= 11 is 12.4. The Balaban J connectivity index is 1.62. The van der Waals surface area contributed by atoms with Crippen LogP contribution in [0.1, 0.15) is 35.2 Å². The van der Waals surface area contributed by atoms with Crippen LogP contribution in [-0.4, -0.2) is 14.0 Å². The summed E-state index contributed by atoms with van der Waals surface area (Å²) in [5, 5.41) is 4.34. The summed E-state index contributed by atoms with van der Waals surface area (Å²) in [6.07, 6.45) is 5.59. The lowest BCUT2D eigenvalue weighted by molar-refractivity contribution is 0.647. The molecule has 1 N–H and O–H groups in total. The summed E-state index contributed by atoms with van der Waals surface area (Å²) < 4.78 is 4.81. The number of anilines is 1. The van der Waals surface area contributed by atoms with Gasteiger partial charge in [0.05, 0.1) is 11.4 Å². The first-order valence-corrected chi connectivity index (χ1v) is 13.3. The van der Waals surface area contributed by atoms with Crippen LogP contribution in [0.2, 0.25) is 5.02 Å². The Morgan fingerprint density at radius 2 is 1.69 bits per heavy atom. The third-order valence-corrected chi connectivity index (χ3v) is 7.74. The number of aryl methyl sites for hydroxylation is 4. The monoisotopic (exact) mass is 509 g/mol. The minimum Gasteiger partial charge on any atom is -0.345 e. The van der Waals surface area contributed by atoms with Gasteiger partial charge in [0.25, 0.3) is 0 Å². The molecule has 0 bridgehead atoms. The maximum atomic E-state index is 6.28. The Bertz CT molecular complexity index is 1590. The lowest BCUT2D eigenvalue weighted by atomic mass is 9.98. The SMILES string of the molecule is Cc1ccc(C)c(NC(=S)c2c(-c3ccc(Cl)cc3)c3c4n(c(-c5ccccc5)cn24)CCCC3)c1. The molecule has 3 nitrogen and oxygen atoms in total. The van der Waals surface area contributed by atoms with Gasteiger partial charge in [0.2, 0.25) is 0 Å². The second-order valence-corrected chi connectivity index (χ2v) is 10.5. The molecule has 0 unspecified atom stereocenters. The molecule has 5 aromatic rings. The third-order valence-electron chi connectivity index (χ3n) is 7.19. The van der Waals surface area contributed by atoms with Gasteiger partial charge in [0.1, 0.15) is 10.6 Å². The van der Waals surface area contributed by atoms with E-state index in [0.29, 0.717) is 0 Å². The largest absolute Gasteiger partial charge is 0.345 e. The summed E-state index contributed by atoms with van der Waals surface area (Å²) in [5.41, 5.74) is 11.9. The molecule has 0 amide bonds. The Hall–Kier alpha value is -3.34. The fourth-order valence-corrected chi connectivity index (χ4v) is 5.86. The van der Waals surface area contributed by atoms with Crippen LogP contribution in [0.5, 0.6) is 0 Å². The van der Waals surface area contributed by atoms with Gasteiger partial charge < -0.3 is 9.88 Å². The van der Waals surface area contributed by atoms with Gasteiger partial charge in [-0.3, -0.25) is 4.40 Å².